The third kappa shape index (κ3) is 7.36. The lowest BCUT2D eigenvalue weighted by Gasteiger charge is -2.32. The predicted octanol–water partition coefficient (Wildman–Crippen LogP) is 5.97. The highest BCUT2D eigenvalue weighted by Gasteiger charge is 2.33. The molecule has 4 rings (SSSR count). The summed E-state index contributed by atoms with van der Waals surface area (Å²) in [6.45, 7) is 3.21. The van der Waals surface area contributed by atoms with E-state index in [1.54, 1.807) is 25.1 Å². The van der Waals surface area contributed by atoms with Crippen molar-refractivity contribution in [2.24, 2.45) is 0 Å². The molecule has 0 radical (unpaired) electrons. The van der Waals surface area contributed by atoms with E-state index in [2.05, 4.69) is 5.32 Å². The fourth-order valence-electron chi connectivity index (χ4n) is 4.80. The first-order valence-corrected chi connectivity index (χ1v) is 15.4. The van der Waals surface area contributed by atoms with Crippen LogP contribution >= 0.6 is 23.2 Å². The van der Waals surface area contributed by atoms with Gasteiger partial charge in [0.1, 0.15) is 12.6 Å². The molecule has 2 amide bonds. The summed E-state index contributed by atoms with van der Waals surface area (Å²) in [5.74, 6) is -0.805. The number of hydrogen-bond acceptors (Lipinski definition) is 4. The van der Waals surface area contributed by atoms with Gasteiger partial charge in [0.2, 0.25) is 11.8 Å². The van der Waals surface area contributed by atoms with Gasteiger partial charge in [-0.1, -0.05) is 84.1 Å². The molecule has 1 fully saturated rings. The number of hydrogen-bond donors (Lipinski definition) is 1. The van der Waals surface area contributed by atoms with E-state index in [0.717, 1.165) is 41.1 Å². The summed E-state index contributed by atoms with van der Waals surface area (Å²) >= 11 is 12.5. The van der Waals surface area contributed by atoms with Crippen molar-refractivity contribution in [3.63, 3.8) is 0 Å². The standard InChI is InChI=1S/C30H33Cl2N3O4S/c1-21-12-14-23(15-13-21)19-34(22(2)30(37)33-26-8-6-7-9-26)29(36)20-35(27-17-24(31)16-25(32)18-27)40(38,39)28-10-4-3-5-11-28/h3-5,10-18,22,26H,6-9,19-20H2,1-2H3,(H,33,37)/t22-/m1/s1. The Balaban J connectivity index is 1.69. The lowest BCUT2D eigenvalue weighted by Crippen LogP contribution is -2.52. The Morgan fingerprint density at radius 2 is 1.55 bits per heavy atom. The van der Waals surface area contributed by atoms with Gasteiger partial charge in [-0.3, -0.25) is 13.9 Å². The Kier molecular flexibility index (Phi) is 9.77. The SMILES string of the molecule is Cc1ccc(CN(C(=O)CN(c2cc(Cl)cc(Cl)c2)S(=O)(=O)c2ccccc2)[C@H](C)C(=O)NC2CCCC2)cc1. The van der Waals surface area contributed by atoms with Gasteiger partial charge in [0.05, 0.1) is 10.6 Å². The number of nitrogens with zero attached hydrogens (tertiary/aromatic N) is 2. The zero-order valence-corrected chi connectivity index (χ0v) is 24.8. The molecule has 1 N–H and O–H groups in total. The van der Waals surface area contributed by atoms with E-state index in [1.165, 1.54) is 35.2 Å². The molecule has 40 heavy (non-hydrogen) atoms. The predicted molar refractivity (Wildman–Crippen MR) is 159 cm³/mol. The fraction of sp³-hybridized carbons (Fsp3) is 0.333. The van der Waals surface area contributed by atoms with E-state index in [1.807, 2.05) is 31.2 Å². The maximum absolute atomic E-state index is 14.0. The number of aryl methyl sites for hydroxylation is 1. The lowest BCUT2D eigenvalue weighted by molar-refractivity contribution is -0.139. The number of nitrogens with one attached hydrogen (secondary N) is 1. The van der Waals surface area contributed by atoms with Crippen LogP contribution in [0.15, 0.2) is 77.7 Å². The third-order valence-electron chi connectivity index (χ3n) is 7.09. The Bertz CT molecular complexity index is 1420. The third-order valence-corrected chi connectivity index (χ3v) is 9.31. The van der Waals surface area contributed by atoms with Crippen LogP contribution in [0.5, 0.6) is 0 Å². The van der Waals surface area contributed by atoms with Gasteiger partial charge in [-0.25, -0.2) is 8.42 Å². The second-order valence-corrected chi connectivity index (χ2v) is 12.9. The molecule has 0 aromatic heterocycles. The smallest absolute Gasteiger partial charge is 0.264 e. The van der Waals surface area contributed by atoms with Crippen molar-refractivity contribution >= 4 is 50.7 Å². The first-order chi connectivity index (χ1) is 19.0. The van der Waals surface area contributed by atoms with Crippen LogP contribution in [-0.2, 0) is 26.2 Å². The Morgan fingerprint density at radius 1 is 0.950 bits per heavy atom. The first kappa shape index (κ1) is 29.9. The maximum Gasteiger partial charge on any atom is 0.264 e. The molecule has 3 aromatic rings. The van der Waals surface area contributed by atoms with Crippen molar-refractivity contribution in [1.29, 1.82) is 0 Å². The van der Waals surface area contributed by atoms with Crippen LogP contribution < -0.4 is 9.62 Å². The summed E-state index contributed by atoms with van der Waals surface area (Å²) in [7, 11) is -4.19. The van der Waals surface area contributed by atoms with Crippen LogP contribution in [0.2, 0.25) is 10.0 Å². The van der Waals surface area contributed by atoms with Crippen molar-refractivity contribution < 1.29 is 18.0 Å². The van der Waals surface area contributed by atoms with Crippen molar-refractivity contribution in [3.8, 4) is 0 Å². The fourth-order valence-corrected chi connectivity index (χ4v) is 6.73. The zero-order valence-electron chi connectivity index (χ0n) is 22.5. The van der Waals surface area contributed by atoms with Crippen molar-refractivity contribution in [2.75, 3.05) is 10.8 Å². The van der Waals surface area contributed by atoms with E-state index < -0.39 is 28.5 Å². The van der Waals surface area contributed by atoms with Crippen LogP contribution in [0, 0.1) is 6.92 Å². The normalized spacial score (nSPS) is 14.5. The molecular formula is C30H33Cl2N3O4S. The number of benzene rings is 3. The Hall–Kier alpha value is -3.07. The lowest BCUT2D eigenvalue weighted by atomic mass is 10.1. The van der Waals surface area contributed by atoms with Gasteiger partial charge in [0.25, 0.3) is 10.0 Å². The number of sulfonamides is 1. The van der Waals surface area contributed by atoms with Gasteiger partial charge < -0.3 is 10.2 Å². The topological polar surface area (TPSA) is 86.8 Å². The van der Waals surface area contributed by atoms with E-state index in [9.17, 15) is 18.0 Å². The van der Waals surface area contributed by atoms with Crippen molar-refractivity contribution in [3.05, 3.63) is 94.0 Å². The summed E-state index contributed by atoms with van der Waals surface area (Å²) in [6, 6.07) is 19.1. The molecule has 0 spiro atoms. The number of anilines is 1. The summed E-state index contributed by atoms with van der Waals surface area (Å²) < 4.78 is 28.7. The maximum atomic E-state index is 14.0. The molecule has 1 atom stereocenters. The monoisotopic (exact) mass is 601 g/mol. The van der Waals surface area contributed by atoms with Crippen LogP contribution in [0.25, 0.3) is 0 Å². The van der Waals surface area contributed by atoms with Gasteiger partial charge in [-0.05, 0) is 62.6 Å². The van der Waals surface area contributed by atoms with Gasteiger partial charge in [0.15, 0.2) is 0 Å². The molecule has 1 aliphatic rings. The van der Waals surface area contributed by atoms with Crippen molar-refractivity contribution in [1.82, 2.24) is 10.2 Å². The molecular weight excluding hydrogens is 569 g/mol. The minimum atomic E-state index is -4.19. The minimum absolute atomic E-state index is 0.0102. The zero-order chi connectivity index (χ0) is 28.9. The molecule has 0 unspecified atom stereocenters. The Labute approximate surface area is 246 Å². The first-order valence-electron chi connectivity index (χ1n) is 13.2. The number of amides is 2. The molecule has 1 aliphatic carbocycles. The van der Waals surface area contributed by atoms with Crippen molar-refractivity contribution in [2.45, 2.75) is 63.1 Å². The van der Waals surface area contributed by atoms with Crippen LogP contribution in [0.3, 0.4) is 0 Å². The molecule has 212 valence electrons. The Morgan fingerprint density at radius 3 is 2.15 bits per heavy atom. The summed E-state index contributed by atoms with van der Waals surface area (Å²) in [6.07, 6.45) is 3.92. The number of carbonyl (C=O) groups is 2. The summed E-state index contributed by atoms with van der Waals surface area (Å²) in [4.78, 5) is 28.7. The van der Waals surface area contributed by atoms with Gasteiger partial charge in [0, 0.05) is 22.6 Å². The highest BCUT2D eigenvalue weighted by Crippen LogP contribution is 2.30. The average Bonchev–Trinajstić information content (AvgIpc) is 3.43. The molecule has 0 bridgehead atoms. The molecule has 1 saturated carbocycles. The number of carbonyl (C=O) groups excluding carboxylic acids is 2. The number of rotatable bonds is 10. The molecule has 0 aliphatic heterocycles. The van der Waals surface area contributed by atoms with E-state index in [4.69, 9.17) is 23.2 Å². The minimum Gasteiger partial charge on any atom is -0.352 e. The van der Waals surface area contributed by atoms with Crippen LogP contribution in [0.1, 0.15) is 43.7 Å². The quantitative estimate of drug-likeness (QED) is 0.310. The van der Waals surface area contributed by atoms with Crippen LogP contribution in [-0.4, -0.2) is 43.8 Å². The highest BCUT2D eigenvalue weighted by atomic mass is 35.5. The second-order valence-electron chi connectivity index (χ2n) is 10.1. The second kappa shape index (κ2) is 13.1. The highest BCUT2D eigenvalue weighted by molar-refractivity contribution is 7.92. The molecule has 3 aromatic carbocycles. The molecule has 0 heterocycles. The average molecular weight is 603 g/mol. The summed E-state index contributed by atoms with van der Waals surface area (Å²) in [5, 5.41) is 3.52. The molecule has 7 nitrogen and oxygen atoms in total. The van der Waals surface area contributed by atoms with E-state index in [0.29, 0.717) is 0 Å². The van der Waals surface area contributed by atoms with E-state index >= 15 is 0 Å². The van der Waals surface area contributed by atoms with Crippen LogP contribution in [0.4, 0.5) is 5.69 Å². The summed E-state index contributed by atoms with van der Waals surface area (Å²) in [5.41, 5.74) is 2.03. The van der Waals surface area contributed by atoms with Gasteiger partial charge in [-0.15, -0.1) is 0 Å². The number of halogens is 2. The molecule has 10 heteroatoms. The largest absolute Gasteiger partial charge is 0.352 e. The van der Waals surface area contributed by atoms with E-state index in [-0.39, 0.29) is 39.1 Å². The van der Waals surface area contributed by atoms with Gasteiger partial charge >= 0.3 is 0 Å². The van der Waals surface area contributed by atoms with Gasteiger partial charge in [-0.2, -0.15) is 0 Å². The molecule has 0 saturated heterocycles.